The van der Waals surface area contributed by atoms with E-state index in [9.17, 15) is 14.7 Å². The number of para-hydroxylation sites is 2. The zero-order valence-electron chi connectivity index (χ0n) is 17.6. The van der Waals surface area contributed by atoms with Gasteiger partial charge in [-0.25, -0.2) is 14.8 Å². The molecule has 0 radical (unpaired) electrons. The first kappa shape index (κ1) is 21.6. The van der Waals surface area contributed by atoms with Crippen molar-refractivity contribution in [3.05, 3.63) is 47.5 Å². The molecule has 1 N–H and O–H groups in total. The number of carbonyl (C=O) groups is 2. The molecule has 7 nitrogen and oxygen atoms in total. The van der Waals surface area contributed by atoms with E-state index in [2.05, 4.69) is 23.8 Å². The molecular weight excluding hydrogens is 384 g/mol. The summed E-state index contributed by atoms with van der Waals surface area (Å²) in [5.41, 5.74) is 2.79. The number of esters is 2. The number of ether oxygens (including phenoxy) is 2. The van der Waals surface area contributed by atoms with Gasteiger partial charge in [-0.1, -0.05) is 32.0 Å². The van der Waals surface area contributed by atoms with Gasteiger partial charge in [-0.2, -0.15) is 0 Å². The molecule has 2 aromatic carbocycles. The predicted molar refractivity (Wildman–Crippen MR) is 113 cm³/mol. The fourth-order valence-corrected chi connectivity index (χ4v) is 3.56. The molecule has 0 aliphatic carbocycles. The Balaban J connectivity index is 2.18. The van der Waals surface area contributed by atoms with Gasteiger partial charge in [-0.15, -0.1) is 0 Å². The fraction of sp³-hybridized carbons (Fsp3) is 0.391. The summed E-state index contributed by atoms with van der Waals surface area (Å²) in [4.78, 5) is 34.0. The molecule has 158 valence electrons. The Kier molecular flexibility index (Phi) is 6.62. The quantitative estimate of drug-likeness (QED) is 0.469. The number of benzene rings is 2. The molecule has 0 bridgehead atoms. The lowest BCUT2D eigenvalue weighted by Gasteiger charge is -2.22. The second kappa shape index (κ2) is 9.17. The molecule has 0 aliphatic rings. The minimum absolute atomic E-state index is 0.316. The molecule has 3 aromatic rings. The van der Waals surface area contributed by atoms with Crippen LogP contribution in [0, 0.1) is 5.92 Å². The summed E-state index contributed by atoms with van der Waals surface area (Å²) in [7, 11) is 2.62. The van der Waals surface area contributed by atoms with Crippen molar-refractivity contribution in [2.75, 3.05) is 14.2 Å². The number of rotatable bonds is 7. The summed E-state index contributed by atoms with van der Waals surface area (Å²) in [5.74, 6) is -1.51. The first-order valence-corrected chi connectivity index (χ1v) is 9.91. The normalized spacial score (nSPS) is 13.4. The van der Waals surface area contributed by atoms with Crippen LogP contribution in [0.3, 0.4) is 0 Å². The zero-order chi connectivity index (χ0) is 21.8. The molecular formula is C23H26N2O5. The van der Waals surface area contributed by atoms with Crippen LogP contribution in [0.15, 0.2) is 36.4 Å². The third-order valence-corrected chi connectivity index (χ3v) is 5.15. The molecule has 0 saturated carbocycles. The van der Waals surface area contributed by atoms with Crippen LogP contribution in [0.4, 0.5) is 0 Å². The second-order valence-electron chi connectivity index (χ2n) is 7.64. The van der Waals surface area contributed by atoms with Crippen molar-refractivity contribution in [1.82, 2.24) is 9.97 Å². The van der Waals surface area contributed by atoms with Gasteiger partial charge in [-0.05, 0) is 42.5 Å². The molecule has 7 heteroatoms. The average Bonchev–Trinajstić information content (AvgIpc) is 2.75. The molecule has 3 rings (SSSR count). The topological polar surface area (TPSA) is 98.6 Å². The van der Waals surface area contributed by atoms with Gasteiger partial charge < -0.3 is 14.6 Å². The number of fused-ring (bicyclic) bond motifs is 2. The Hall–Kier alpha value is -3.06. The van der Waals surface area contributed by atoms with E-state index >= 15 is 0 Å². The fourth-order valence-electron chi connectivity index (χ4n) is 3.56. The van der Waals surface area contributed by atoms with E-state index in [1.54, 1.807) is 36.4 Å². The van der Waals surface area contributed by atoms with Gasteiger partial charge in [-0.3, -0.25) is 4.79 Å². The van der Waals surface area contributed by atoms with Crippen molar-refractivity contribution in [2.45, 2.75) is 38.7 Å². The average molecular weight is 410 g/mol. The predicted octanol–water partition coefficient (Wildman–Crippen LogP) is 3.62. The van der Waals surface area contributed by atoms with Gasteiger partial charge in [0.05, 0.1) is 42.4 Å². The van der Waals surface area contributed by atoms with Gasteiger partial charge in [0, 0.05) is 0 Å². The molecule has 0 aliphatic heterocycles. The third kappa shape index (κ3) is 4.26. The highest BCUT2D eigenvalue weighted by Crippen LogP contribution is 2.31. The van der Waals surface area contributed by atoms with Gasteiger partial charge in [0.25, 0.3) is 0 Å². The molecule has 0 saturated heterocycles. The minimum Gasteiger partial charge on any atom is -0.468 e. The van der Waals surface area contributed by atoms with Crippen molar-refractivity contribution >= 4 is 34.0 Å². The number of carbonyl (C=O) groups excluding carboxylic acids is 2. The highest BCUT2D eigenvalue weighted by atomic mass is 16.5. The number of aliphatic hydroxyl groups is 1. The monoisotopic (exact) mass is 410 g/mol. The lowest BCUT2D eigenvalue weighted by molar-refractivity contribution is -0.145. The van der Waals surface area contributed by atoms with Gasteiger partial charge >= 0.3 is 11.9 Å². The highest BCUT2D eigenvalue weighted by molar-refractivity contribution is 6.03. The van der Waals surface area contributed by atoms with Crippen LogP contribution in [0.2, 0.25) is 0 Å². The van der Waals surface area contributed by atoms with Crippen LogP contribution in [0.5, 0.6) is 0 Å². The van der Waals surface area contributed by atoms with Gasteiger partial charge in [0.2, 0.25) is 0 Å². The molecule has 2 atom stereocenters. The first-order chi connectivity index (χ1) is 14.4. The lowest BCUT2D eigenvalue weighted by atomic mass is 9.88. The number of aromatic nitrogens is 2. The number of methoxy groups -OCH3 is 2. The molecule has 0 spiro atoms. The number of aliphatic hydroxyl groups excluding tert-OH is 1. The summed E-state index contributed by atoms with van der Waals surface area (Å²) in [6.07, 6.45) is 0.321. The SMILES string of the molecule is COC(=O)c1cccc2nc3c([C@H](C(=O)OC)[C@@H](O)CCC(C)C)cccc3nc12. The zero-order valence-corrected chi connectivity index (χ0v) is 17.6. The van der Waals surface area contributed by atoms with E-state index in [0.717, 1.165) is 6.42 Å². The molecule has 1 heterocycles. The Morgan fingerprint density at radius 1 is 0.933 bits per heavy atom. The smallest absolute Gasteiger partial charge is 0.340 e. The van der Waals surface area contributed by atoms with E-state index in [1.807, 2.05) is 0 Å². The van der Waals surface area contributed by atoms with E-state index in [1.165, 1.54) is 14.2 Å². The van der Waals surface area contributed by atoms with Gasteiger partial charge in [0.15, 0.2) is 0 Å². The Labute approximate surface area is 175 Å². The van der Waals surface area contributed by atoms with Crippen LogP contribution < -0.4 is 0 Å². The van der Waals surface area contributed by atoms with Crippen molar-refractivity contribution in [1.29, 1.82) is 0 Å². The molecule has 0 amide bonds. The highest BCUT2D eigenvalue weighted by Gasteiger charge is 2.31. The Morgan fingerprint density at radius 2 is 1.57 bits per heavy atom. The lowest BCUT2D eigenvalue weighted by Crippen LogP contribution is -2.28. The standard InChI is InChI=1S/C23H26N2O5/c1-13(2)11-12-18(26)19(23(28)30-4)14-7-5-9-16-20(14)24-17-10-6-8-15(21(17)25-16)22(27)29-3/h5-10,13,18-19,26H,11-12H2,1-4H3/t18-,19-/m0/s1. The van der Waals surface area contributed by atoms with E-state index in [4.69, 9.17) is 9.47 Å². The number of nitrogens with zero attached hydrogens (tertiary/aromatic N) is 2. The van der Waals surface area contributed by atoms with Crippen LogP contribution in [0.1, 0.15) is 48.5 Å². The maximum absolute atomic E-state index is 12.6. The van der Waals surface area contributed by atoms with Crippen molar-refractivity contribution in [3.8, 4) is 0 Å². The van der Waals surface area contributed by atoms with Crippen molar-refractivity contribution in [3.63, 3.8) is 0 Å². The second-order valence-corrected chi connectivity index (χ2v) is 7.64. The maximum atomic E-state index is 12.6. The van der Waals surface area contributed by atoms with E-state index in [-0.39, 0.29) is 0 Å². The third-order valence-electron chi connectivity index (χ3n) is 5.15. The molecule has 1 aromatic heterocycles. The molecule has 30 heavy (non-hydrogen) atoms. The van der Waals surface area contributed by atoms with Crippen LogP contribution >= 0.6 is 0 Å². The molecule has 0 fully saturated rings. The van der Waals surface area contributed by atoms with E-state index in [0.29, 0.717) is 45.5 Å². The summed E-state index contributed by atoms with van der Waals surface area (Å²) >= 11 is 0. The van der Waals surface area contributed by atoms with Crippen molar-refractivity contribution in [2.24, 2.45) is 5.92 Å². The maximum Gasteiger partial charge on any atom is 0.340 e. The van der Waals surface area contributed by atoms with Crippen LogP contribution in [-0.2, 0) is 14.3 Å². The van der Waals surface area contributed by atoms with Crippen molar-refractivity contribution < 1.29 is 24.2 Å². The first-order valence-electron chi connectivity index (χ1n) is 9.91. The minimum atomic E-state index is -0.913. The van der Waals surface area contributed by atoms with E-state index < -0.39 is 24.0 Å². The number of hydrogen-bond donors (Lipinski definition) is 1. The molecule has 0 unspecified atom stereocenters. The largest absolute Gasteiger partial charge is 0.468 e. The Morgan fingerprint density at radius 3 is 2.20 bits per heavy atom. The summed E-state index contributed by atoms with van der Waals surface area (Å²) in [6.45, 7) is 4.13. The summed E-state index contributed by atoms with van der Waals surface area (Å²) in [5, 5.41) is 10.8. The van der Waals surface area contributed by atoms with Crippen LogP contribution in [-0.4, -0.2) is 47.3 Å². The van der Waals surface area contributed by atoms with Gasteiger partial charge in [0.1, 0.15) is 11.4 Å². The number of hydrogen-bond acceptors (Lipinski definition) is 7. The van der Waals surface area contributed by atoms with Crippen LogP contribution in [0.25, 0.3) is 22.1 Å². The summed E-state index contributed by atoms with van der Waals surface area (Å²) in [6, 6.07) is 10.3. The summed E-state index contributed by atoms with van der Waals surface area (Å²) < 4.78 is 9.83. The Bertz CT molecular complexity index is 1080.